The minimum atomic E-state index is -1.16. The molecular weight excluding hydrogens is 242 g/mol. The Labute approximate surface area is 112 Å². The lowest BCUT2D eigenvalue weighted by Crippen LogP contribution is -2.41. The molecule has 2 rings (SSSR count). The highest BCUT2D eigenvalue weighted by Crippen LogP contribution is 2.26. The molecule has 1 aromatic rings. The van der Waals surface area contributed by atoms with Gasteiger partial charge >= 0.3 is 0 Å². The van der Waals surface area contributed by atoms with Crippen molar-refractivity contribution in [2.75, 3.05) is 5.32 Å². The van der Waals surface area contributed by atoms with E-state index in [0.29, 0.717) is 18.5 Å². The van der Waals surface area contributed by atoms with E-state index in [4.69, 9.17) is 0 Å². The van der Waals surface area contributed by atoms with Crippen molar-refractivity contribution in [1.29, 1.82) is 0 Å². The first-order valence-electron chi connectivity index (χ1n) is 6.31. The van der Waals surface area contributed by atoms with Crippen LogP contribution in [0.4, 0.5) is 5.69 Å². The van der Waals surface area contributed by atoms with Gasteiger partial charge in [0.15, 0.2) is 0 Å². The fourth-order valence-electron chi connectivity index (χ4n) is 2.32. The molecule has 0 bridgehead atoms. The number of carbonyl (C=O) groups excluding carboxylic acids is 2. The van der Waals surface area contributed by atoms with Crippen LogP contribution in [0.1, 0.15) is 18.4 Å². The van der Waals surface area contributed by atoms with E-state index < -0.39 is 17.8 Å². The Hall–Kier alpha value is -2.10. The van der Waals surface area contributed by atoms with Crippen LogP contribution in [-0.2, 0) is 9.59 Å². The molecule has 4 nitrogen and oxygen atoms in total. The number of carbonyl (C=O) groups is 2. The summed E-state index contributed by atoms with van der Waals surface area (Å²) >= 11 is 0. The van der Waals surface area contributed by atoms with Crippen molar-refractivity contribution < 1.29 is 14.7 Å². The van der Waals surface area contributed by atoms with E-state index in [9.17, 15) is 14.7 Å². The molecular formula is C15H16NO3-. The molecule has 2 unspecified atom stereocenters. The first-order chi connectivity index (χ1) is 9.08. The van der Waals surface area contributed by atoms with Crippen LogP contribution in [0.5, 0.6) is 0 Å². The second kappa shape index (κ2) is 5.69. The molecule has 0 aliphatic heterocycles. The van der Waals surface area contributed by atoms with Gasteiger partial charge in [-0.15, -0.1) is 0 Å². The summed E-state index contributed by atoms with van der Waals surface area (Å²) in [6.07, 6.45) is 4.43. The maximum atomic E-state index is 12.2. The minimum Gasteiger partial charge on any atom is -0.550 e. The van der Waals surface area contributed by atoms with Gasteiger partial charge in [0.2, 0.25) is 5.91 Å². The lowest BCUT2D eigenvalue weighted by Gasteiger charge is -2.28. The fraction of sp³-hybridized carbons (Fsp3) is 0.333. The highest BCUT2D eigenvalue weighted by molar-refractivity contribution is 5.95. The molecule has 0 saturated carbocycles. The molecule has 4 heteroatoms. The van der Waals surface area contributed by atoms with Gasteiger partial charge in [0.05, 0.1) is 5.92 Å². The lowest BCUT2D eigenvalue weighted by molar-refractivity contribution is -0.313. The number of aliphatic carboxylic acids is 1. The molecule has 0 saturated heterocycles. The highest BCUT2D eigenvalue weighted by Gasteiger charge is 2.29. The number of amides is 1. The zero-order valence-corrected chi connectivity index (χ0v) is 10.8. The Morgan fingerprint density at radius 3 is 2.53 bits per heavy atom. The molecule has 0 heterocycles. The summed E-state index contributed by atoms with van der Waals surface area (Å²) in [4.78, 5) is 23.2. The number of nitrogens with one attached hydrogen (secondary N) is 1. The Balaban J connectivity index is 2.10. The Bertz CT molecular complexity index is 522. The van der Waals surface area contributed by atoms with Crippen LogP contribution in [0.2, 0.25) is 0 Å². The molecule has 1 aromatic carbocycles. The van der Waals surface area contributed by atoms with E-state index in [1.54, 1.807) is 12.1 Å². The second-order valence-corrected chi connectivity index (χ2v) is 4.83. The van der Waals surface area contributed by atoms with Crippen LogP contribution in [-0.4, -0.2) is 11.9 Å². The third-order valence-electron chi connectivity index (χ3n) is 3.36. The maximum absolute atomic E-state index is 12.2. The average Bonchev–Trinajstić information content (AvgIpc) is 2.38. The predicted octanol–water partition coefficient (Wildman–Crippen LogP) is 1.27. The third kappa shape index (κ3) is 3.22. The summed E-state index contributed by atoms with van der Waals surface area (Å²) < 4.78 is 0. The summed E-state index contributed by atoms with van der Waals surface area (Å²) in [5.74, 6) is -2.72. The topological polar surface area (TPSA) is 69.2 Å². The molecule has 0 radical (unpaired) electrons. The summed E-state index contributed by atoms with van der Waals surface area (Å²) in [6, 6.07) is 7.42. The number of anilines is 1. The summed E-state index contributed by atoms with van der Waals surface area (Å²) in [6.45, 7) is 1.93. The number of hydrogen-bond acceptors (Lipinski definition) is 3. The number of benzene rings is 1. The van der Waals surface area contributed by atoms with Gasteiger partial charge in [-0.05, 0) is 37.5 Å². The third-order valence-corrected chi connectivity index (χ3v) is 3.36. The van der Waals surface area contributed by atoms with Gasteiger partial charge in [0.1, 0.15) is 0 Å². The molecule has 2 atom stereocenters. The van der Waals surface area contributed by atoms with Crippen molar-refractivity contribution in [3.8, 4) is 0 Å². The SMILES string of the molecule is Cc1cccc(NC(=O)C2CC=CCC2C(=O)[O-])c1. The van der Waals surface area contributed by atoms with Crippen molar-refractivity contribution in [3.05, 3.63) is 42.0 Å². The molecule has 1 amide bonds. The van der Waals surface area contributed by atoms with Crippen LogP contribution < -0.4 is 10.4 Å². The molecule has 1 aliphatic carbocycles. The van der Waals surface area contributed by atoms with Gasteiger partial charge in [-0.25, -0.2) is 0 Å². The molecule has 1 N–H and O–H groups in total. The summed E-state index contributed by atoms with van der Waals surface area (Å²) in [7, 11) is 0. The number of rotatable bonds is 3. The van der Waals surface area contributed by atoms with Crippen LogP contribution in [0.25, 0.3) is 0 Å². The predicted molar refractivity (Wildman–Crippen MR) is 70.2 cm³/mol. The zero-order valence-electron chi connectivity index (χ0n) is 10.8. The zero-order chi connectivity index (χ0) is 13.8. The largest absolute Gasteiger partial charge is 0.550 e. The summed E-state index contributed by atoms with van der Waals surface area (Å²) in [5, 5.41) is 13.8. The fourth-order valence-corrected chi connectivity index (χ4v) is 2.32. The Morgan fingerprint density at radius 1 is 1.21 bits per heavy atom. The first-order valence-corrected chi connectivity index (χ1v) is 6.31. The Kier molecular flexibility index (Phi) is 4.00. The van der Waals surface area contributed by atoms with Gasteiger partial charge in [0, 0.05) is 17.6 Å². The highest BCUT2D eigenvalue weighted by atomic mass is 16.4. The van der Waals surface area contributed by atoms with Crippen LogP contribution in [0, 0.1) is 18.8 Å². The first kappa shape index (κ1) is 13.3. The standard InChI is InChI=1S/C15H17NO3/c1-10-5-4-6-11(9-10)16-14(17)12-7-2-3-8-13(12)15(18)19/h2-6,9,12-13H,7-8H2,1H3,(H,16,17)(H,18,19)/p-1. The van der Waals surface area contributed by atoms with Crippen molar-refractivity contribution in [1.82, 2.24) is 0 Å². The normalized spacial score (nSPS) is 21.9. The van der Waals surface area contributed by atoms with E-state index in [0.717, 1.165) is 5.56 Å². The van der Waals surface area contributed by atoms with E-state index >= 15 is 0 Å². The van der Waals surface area contributed by atoms with Gasteiger partial charge < -0.3 is 15.2 Å². The van der Waals surface area contributed by atoms with Crippen molar-refractivity contribution in [3.63, 3.8) is 0 Å². The maximum Gasteiger partial charge on any atom is 0.228 e. The van der Waals surface area contributed by atoms with Crippen LogP contribution >= 0.6 is 0 Å². The van der Waals surface area contributed by atoms with E-state index in [1.807, 2.05) is 31.2 Å². The average molecular weight is 258 g/mol. The van der Waals surface area contributed by atoms with Gasteiger partial charge in [-0.1, -0.05) is 24.3 Å². The van der Waals surface area contributed by atoms with Crippen molar-refractivity contribution in [2.24, 2.45) is 11.8 Å². The van der Waals surface area contributed by atoms with E-state index in [2.05, 4.69) is 5.32 Å². The number of carboxylic acids is 1. The van der Waals surface area contributed by atoms with Crippen molar-refractivity contribution >= 4 is 17.6 Å². The van der Waals surface area contributed by atoms with Gasteiger partial charge in [0.25, 0.3) is 0 Å². The van der Waals surface area contributed by atoms with Crippen LogP contribution in [0.15, 0.2) is 36.4 Å². The second-order valence-electron chi connectivity index (χ2n) is 4.83. The van der Waals surface area contributed by atoms with Crippen molar-refractivity contribution in [2.45, 2.75) is 19.8 Å². The quantitative estimate of drug-likeness (QED) is 0.830. The molecule has 1 aliphatic rings. The summed E-state index contributed by atoms with van der Waals surface area (Å²) in [5.41, 5.74) is 1.73. The minimum absolute atomic E-state index is 0.260. The molecule has 0 spiro atoms. The van der Waals surface area contributed by atoms with Gasteiger partial charge in [-0.2, -0.15) is 0 Å². The molecule has 0 fully saturated rings. The number of allylic oxidation sites excluding steroid dienone is 2. The van der Waals surface area contributed by atoms with E-state index in [-0.39, 0.29) is 5.91 Å². The lowest BCUT2D eigenvalue weighted by atomic mass is 9.82. The van der Waals surface area contributed by atoms with E-state index in [1.165, 1.54) is 0 Å². The smallest absolute Gasteiger partial charge is 0.228 e. The number of aryl methyl sites for hydroxylation is 1. The number of hydrogen-bond donors (Lipinski definition) is 1. The number of carboxylic acid groups (broad SMARTS) is 1. The monoisotopic (exact) mass is 258 g/mol. The Morgan fingerprint density at radius 2 is 1.89 bits per heavy atom. The molecule has 100 valence electrons. The molecule has 19 heavy (non-hydrogen) atoms. The van der Waals surface area contributed by atoms with Gasteiger partial charge in [-0.3, -0.25) is 4.79 Å². The van der Waals surface area contributed by atoms with Crippen LogP contribution in [0.3, 0.4) is 0 Å². The molecule has 0 aromatic heterocycles.